The molecule has 0 unspecified atom stereocenters. The van der Waals surface area contributed by atoms with E-state index < -0.39 is 4.92 Å². The van der Waals surface area contributed by atoms with Crippen LogP contribution in [0.5, 0.6) is 0 Å². The minimum absolute atomic E-state index is 0.0178. The number of halogens is 1. The number of thioether (sulfide) groups is 1. The fourth-order valence-electron chi connectivity index (χ4n) is 2.82. The van der Waals surface area contributed by atoms with Crippen molar-refractivity contribution in [1.82, 2.24) is 4.90 Å². The number of carbonyl (C=O) groups excluding carboxylic acids is 1. The van der Waals surface area contributed by atoms with Gasteiger partial charge in [0, 0.05) is 17.2 Å². The molecule has 0 atom stereocenters. The Morgan fingerprint density at radius 1 is 1.09 bits per heavy atom. The summed E-state index contributed by atoms with van der Waals surface area (Å²) >= 11 is 7.06. The number of nitro groups is 1. The first-order chi connectivity index (χ1) is 15.5. The fourth-order valence-corrected chi connectivity index (χ4v) is 3.88. The number of carbonyl (C=O) groups is 1. The van der Waals surface area contributed by atoms with Crippen LogP contribution in [0.25, 0.3) is 6.08 Å². The second-order valence-electron chi connectivity index (χ2n) is 6.61. The maximum absolute atomic E-state index is 13.0. The SMILES string of the molecule is O=C1/C(=C/c2ccc([N+](=O)[O-])cc2)S/C(=N/N=C\c2ccc(Cl)cc2)N1Cc1ccco1. The highest BCUT2D eigenvalue weighted by Crippen LogP contribution is 2.34. The highest BCUT2D eigenvalue weighted by molar-refractivity contribution is 8.18. The van der Waals surface area contributed by atoms with Gasteiger partial charge in [-0.25, -0.2) is 0 Å². The lowest BCUT2D eigenvalue weighted by Gasteiger charge is -2.12. The van der Waals surface area contributed by atoms with Gasteiger partial charge < -0.3 is 4.42 Å². The third-order valence-electron chi connectivity index (χ3n) is 4.40. The molecule has 2 aromatic carbocycles. The van der Waals surface area contributed by atoms with Gasteiger partial charge in [0.25, 0.3) is 11.6 Å². The zero-order valence-corrected chi connectivity index (χ0v) is 18.0. The molecule has 1 aliphatic heterocycles. The molecule has 1 amide bonds. The Labute approximate surface area is 192 Å². The van der Waals surface area contributed by atoms with Crippen LogP contribution in [0.1, 0.15) is 16.9 Å². The highest BCUT2D eigenvalue weighted by atomic mass is 35.5. The van der Waals surface area contributed by atoms with Gasteiger partial charge in [0.15, 0.2) is 5.17 Å². The second-order valence-corrected chi connectivity index (χ2v) is 8.05. The van der Waals surface area contributed by atoms with Crippen molar-refractivity contribution >= 4 is 52.4 Å². The molecule has 160 valence electrons. The van der Waals surface area contributed by atoms with Gasteiger partial charge in [-0.15, -0.1) is 5.10 Å². The summed E-state index contributed by atoms with van der Waals surface area (Å²) in [5, 5.41) is 20.2. The summed E-state index contributed by atoms with van der Waals surface area (Å²) < 4.78 is 5.37. The van der Waals surface area contributed by atoms with Crippen molar-refractivity contribution in [2.24, 2.45) is 10.2 Å². The number of nitrogens with zero attached hydrogens (tertiary/aromatic N) is 4. The van der Waals surface area contributed by atoms with Gasteiger partial charge in [0.05, 0.1) is 28.9 Å². The van der Waals surface area contributed by atoms with E-state index in [0.29, 0.717) is 26.4 Å². The minimum atomic E-state index is -0.471. The number of furan rings is 1. The summed E-state index contributed by atoms with van der Waals surface area (Å²) in [7, 11) is 0. The Balaban J connectivity index is 1.60. The first kappa shape index (κ1) is 21.5. The zero-order chi connectivity index (χ0) is 22.5. The van der Waals surface area contributed by atoms with Crippen molar-refractivity contribution in [3.63, 3.8) is 0 Å². The number of nitro benzene ring substituents is 1. The van der Waals surface area contributed by atoms with Gasteiger partial charge in [0.1, 0.15) is 5.76 Å². The Morgan fingerprint density at radius 2 is 1.81 bits per heavy atom. The molecule has 0 N–H and O–H groups in total. The van der Waals surface area contributed by atoms with Crippen LogP contribution in [0.3, 0.4) is 0 Å². The molecule has 4 rings (SSSR count). The number of non-ortho nitro benzene ring substituents is 1. The Bertz CT molecular complexity index is 1220. The minimum Gasteiger partial charge on any atom is -0.467 e. The quantitative estimate of drug-likeness (QED) is 0.211. The average Bonchev–Trinajstić information content (AvgIpc) is 3.40. The highest BCUT2D eigenvalue weighted by Gasteiger charge is 2.34. The van der Waals surface area contributed by atoms with E-state index in [2.05, 4.69) is 10.2 Å². The summed E-state index contributed by atoms with van der Waals surface area (Å²) in [5.41, 5.74) is 1.46. The van der Waals surface area contributed by atoms with Crippen LogP contribution in [0, 0.1) is 10.1 Å². The molecule has 2 heterocycles. The molecule has 8 nitrogen and oxygen atoms in total. The van der Waals surface area contributed by atoms with Crippen molar-refractivity contribution in [1.29, 1.82) is 0 Å². The first-order valence-electron chi connectivity index (χ1n) is 9.34. The predicted molar refractivity (Wildman–Crippen MR) is 124 cm³/mol. The van der Waals surface area contributed by atoms with Gasteiger partial charge >= 0.3 is 0 Å². The second kappa shape index (κ2) is 9.63. The molecule has 0 aliphatic carbocycles. The smallest absolute Gasteiger partial charge is 0.269 e. The summed E-state index contributed by atoms with van der Waals surface area (Å²) in [6, 6.07) is 16.6. The van der Waals surface area contributed by atoms with E-state index in [9.17, 15) is 14.9 Å². The molecule has 1 aliphatic rings. The Kier molecular flexibility index (Phi) is 6.48. The van der Waals surface area contributed by atoms with E-state index in [4.69, 9.17) is 16.0 Å². The van der Waals surface area contributed by atoms with Gasteiger partial charge in [0.2, 0.25) is 0 Å². The summed E-state index contributed by atoms with van der Waals surface area (Å²) in [5.74, 6) is 0.343. The number of amides is 1. The summed E-state index contributed by atoms with van der Waals surface area (Å²) in [6.07, 6.45) is 4.76. The number of hydrogen-bond acceptors (Lipinski definition) is 7. The molecule has 0 radical (unpaired) electrons. The molecule has 32 heavy (non-hydrogen) atoms. The van der Waals surface area contributed by atoms with Crippen molar-refractivity contribution in [2.45, 2.75) is 6.54 Å². The number of hydrogen-bond donors (Lipinski definition) is 0. The van der Waals surface area contributed by atoms with E-state index in [-0.39, 0.29) is 18.1 Å². The number of rotatable bonds is 6. The molecular formula is C22H15ClN4O4S. The van der Waals surface area contributed by atoms with Crippen LogP contribution in [0.2, 0.25) is 5.02 Å². The monoisotopic (exact) mass is 466 g/mol. The molecule has 0 bridgehead atoms. The topological polar surface area (TPSA) is 101 Å². The molecule has 10 heteroatoms. The van der Waals surface area contributed by atoms with E-state index >= 15 is 0 Å². The first-order valence-corrected chi connectivity index (χ1v) is 10.5. The van der Waals surface area contributed by atoms with Gasteiger partial charge in [-0.05, 0) is 65.4 Å². The number of benzene rings is 2. The molecule has 0 saturated carbocycles. The summed E-state index contributed by atoms with van der Waals surface area (Å²) in [4.78, 5) is 25.3. The normalized spacial score (nSPS) is 16.5. The molecule has 1 aromatic heterocycles. The van der Waals surface area contributed by atoms with E-state index in [1.54, 1.807) is 60.8 Å². The van der Waals surface area contributed by atoms with Crippen LogP contribution >= 0.6 is 23.4 Å². The lowest BCUT2D eigenvalue weighted by Crippen LogP contribution is -2.28. The molecule has 0 spiro atoms. The van der Waals surface area contributed by atoms with Crippen molar-refractivity contribution in [3.8, 4) is 0 Å². The predicted octanol–water partition coefficient (Wildman–Crippen LogP) is 5.35. The number of amidine groups is 1. The van der Waals surface area contributed by atoms with Crippen molar-refractivity contribution in [2.75, 3.05) is 0 Å². The third-order valence-corrected chi connectivity index (χ3v) is 5.65. The van der Waals surface area contributed by atoms with Crippen LogP contribution in [0.15, 0.2) is 86.5 Å². The van der Waals surface area contributed by atoms with Gasteiger partial charge in [-0.1, -0.05) is 23.7 Å². The fraction of sp³-hybridized carbons (Fsp3) is 0.0455. The Hall–Kier alpha value is -3.69. The molecule has 1 fully saturated rings. The molecule has 1 saturated heterocycles. The molecular weight excluding hydrogens is 452 g/mol. The standard InChI is InChI=1S/C22H15ClN4O4S/c23-17-7-3-16(4-8-17)13-24-25-22-26(14-19-2-1-11-31-19)21(28)20(32-22)12-15-5-9-18(10-6-15)27(29)30/h1-13H,14H2/b20-12-,24-13-,25-22+. The summed E-state index contributed by atoms with van der Waals surface area (Å²) in [6.45, 7) is 0.200. The van der Waals surface area contributed by atoms with E-state index in [0.717, 1.165) is 5.56 Å². The average molecular weight is 467 g/mol. The van der Waals surface area contributed by atoms with Crippen LogP contribution in [-0.4, -0.2) is 27.1 Å². The Morgan fingerprint density at radius 3 is 2.47 bits per heavy atom. The molecule has 3 aromatic rings. The van der Waals surface area contributed by atoms with Crippen molar-refractivity contribution < 1.29 is 14.1 Å². The maximum Gasteiger partial charge on any atom is 0.269 e. The van der Waals surface area contributed by atoms with E-state index in [1.807, 2.05) is 0 Å². The van der Waals surface area contributed by atoms with E-state index in [1.165, 1.54) is 35.1 Å². The van der Waals surface area contributed by atoms with Gasteiger partial charge in [-0.3, -0.25) is 19.8 Å². The zero-order valence-electron chi connectivity index (χ0n) is 16.4. The third kappa shape index (κ3) is 5.13. The van der Waals surface area contributed by atoms with Gasteiger partial charge in [-0.2, -0.15) is 5.10 Å². The lowest BCUT2D eigenvalue weighted by atomic mass is 10.2. The van der Waals surface area contributed by atoms with Crippen LogP contribution in [0.4, 0.5) is 5.69 Å². The lowest BCUT2D eigenvalue weighted by molar-refractivity contribution is -0.384. The van der Waals surface area contributed by atoms with Crippen LogP contribution < -0.4 is 0 Å². The van der Waals surface area contributed by atoms with Crippen molar-refractivity contribution in [3.05, 3.63) is 104 Å². The van der Waals surface area contributed by atoms with Crippen LogP contribution in [-0.2, 0) is 11.3 Å². The largest absolute Gasteiger partial charge is 0.467 e. The maximum atomic E-state index is 13.0.